The average Bonchev–Trinajstić information content (AvgIpc) is 2.72. The molecule has 6 heteroatoms. The number of anilines is 1. The summed E-state index contributed by atoms with van der Waals surface area (Å²) in [7, 11) is 0. The number of carbonyl (C=O) groups is 1. The topological polar surface area (TPSA) is 49.3 Å². The summed E-state index contributed by atoms with van der Waals surface area (Å²) in [6, 6.07) is 6.03. The first-order valence-corrected chi connectivity index (χ1v) is 7.10. The van der Waals surface area contributed by atoms with Crippen LogP contribution in [-0.4, -0.2) is 11.1 Å². The molecular weight excluding hydrogens is 333 g/mol. The molecule has 0 aliphatic heterocycles. The quantitative estimate of drug-likeness (QED) is 0.871. The minimum absolute atomic E-state index is 0.313. The molecule has 19 heavy (non-hydrogen) atoms. The molecule has 0 saturated carbocycles. The van der Waals surface area contributed by atoms with Crippen LogP contribution in [0.3, 0.4) is 0 Å². The maximum atomic E-state index is 13.1. The number of halogens is 2. The van der Waals surface area contributed by atoms with Crippen LogP contribution in [0.1, 0.15) is 20.1 Å². The van der Waals surface area contributed by atoms with Crippen LogP contribution in [0.5, 0.6) is 0 Å². The fraction of sp³-hybridized carbons (Fsp3) is 0.154. The molecule has 3 nitrogen and oxygen atoms in total. The fourth-order valence-electron chi connectivity index (χ4n) is 1.62. The van der Waals surface area contributed by atoms with E-state index < -0.39 is 5.97 Å². The molecule has 0 aliphatic carbocycles. The molecule has 2 N–H and O–H groups in total. The summed E-state index contributed by atoms with van der Waals surface area (Å²) < 4.78 is 13.9. The van der Waals surface area contributed by atoms with E-state index in [1.54, 1.807) is 12.1 Å². The van der Waals surface area contributed by atoms with Crippen molar-refractivity contribution in [1.82, 2.24) is 0 Å². The first-order chi connectivity index (χ1) is 8.97. The Labute approximate surface area is 122 Å². The lowest BCUT2D eigenvalue weighted by Crippen LogP contribution is -2.00. The Morgan fingerprint density at radius 1 is 1.47 bits per heavy atom. The largest absolute Gasteiger partial charge is 0.477 e. The molecule has 1 aromatic carbocycles. The summed E-state index contributed by atoms with van der Waals surface area (Å²) >= 11 is 4.57. The van der Waals surface area contributed by atoms with E-state index in [1.165, 1.54) is 23.5 Å². The molecule has 100 valence electrons. The summed E-state index contributed by atoms with van der Waals surface area (Å²) in [5.74, 6) is -1.25. The van der Waals surface area contributed by atoms with Gasteiger partial charge < -0.3 is 10.4 Å². The summed E-state index contributed by atoms with van der Waals surface area (Å²) in [6.07, 6.45) is 0. The number of aromatic carboxylic acids is 1. The zero-order chi connectivity index (χ0) is 14.0. The second-order valence-electron chi connectivity index (χ2n) is 3.97. The molecule has 1 aromatic heterocycles. The van der Waals surface area contributed by atoms with Crippen LogP contribution in [0.2, 0.25) is 0 Å². The van der Waals surface area contributed by atoms with Crippen molar-refractivity contribution in [3.8, 4) is 0 Å². The highest BCUT2D eigenvalue weighted by Crippen LogP contribution is 2.26. The first kappa shape index (κ1) is 14.0. The van der Waals surface area contributed by atoms with Gasteiger partial charge in [0.05, 0.1) is 5.69 Å². The van der Waals surface area contributed by atoms with Crippen molar-refractivity contribution < 1.29 is 14.3 Å². The number of thiophene rings is 1. The number of hydrogen-bond donors (Lipinski definition) is 2. The van der Waals surface area contributed by atoms with Crippen molar-refractivity contribution in [2.45, 2.75) is 13.5 Å². The second kappa shape index (κ2) is 5.71. The zero-order valence-electron chi connectivity index (χ0n) is 10.0. The molecule has 0 spiro atoms. The monoisotopic (exact) mass is 343 g/mol. The van der Waals surface area contributed by atoms with Crippen LogP contribution < -0.4 is 5.32 Å². The van der Waals surface area contributed by atoms with Crippen molar-refractivity contribution in [1.29, 1.82) is 0 Å². The highest BCUT2D eigenvalue weighted by molar-refractivity contribution is 9.10. The van der Waals surface area contributed by atoms with Crippen LogP contribution in [-0.2, 0) is 6.54 Å². The molecule has 0 aliphatic rings. The van der Waals surface area contributed by atoms with E-state index in [9.17, 15) is 9.18 Å². The Bertz CT molecular complexity index is 627. The van der Waals surface area contributed by atoms with Gasteiger partial charge in [-0.2, -0.15) is 0 Å². The minimum atomic E-state index is -0.925. The van der Waals surface area contributed by atoms with Gasteiger partial charge in [-0.05, 0) is 52.7 Å². The van der Waals surface area contributed by atoms with Crippen molar-refractivity contribution in [3.05, 3.63) is 49.9 Å². The molecule has 2 aromatic rings. The van der Waals surface area contributed by atoms with Crippen molar-refractivity contribution in [2.24, 2.45) is 0 Å². The maximum Gasteiger partial charge on any atom is 0.345 e. The van der Waals surface area contributed by atoms with E-state index >= 15 is 0 Å². The Morgan fingerprint density at radius 3 is 2.84 bits per heavy atom. The Morgan fingerprint density at radius 2 is 2.21 bits per heavy atom. The zero-order valence-corrected chi connectivity index (χ0v) is 12.4. The second-order valence-corrected chi connectivity index (χ2v) is 6.09. The minimum Gasteiger partial charge on any atom is -0.477 e. The Kier molecular flexibility index (Phi) is 4.21. The van der Waals surface area contributed by atoms with Gasteiger partial charge >= 0.3 is 5.97 Å². The molecule has 0 unspecified atom stereocenters. The standard InChI is InChI=1S/C13H11BrFNO2S/c1-7-8(4-12(19-7)13(17)18)6-16-11-5-9(15)2-3-10(11)14/h2-5,16H,6H2,1H3,(H,17,18). The van der Waals surface area contributed by atoms with Gasteiger partial charge in [0.2, 0.25) is 0 Å². The Balaban J connectivity index is 2.14. The molecule has 0 bridgehead atoms. The number of hydrogen-bond acceptors (Lipinski definition) is 3. The molecule has 0 fully saturated rings. The Hall–Kier alpha value is -1.40. The van der Waals surface area contributed by atoms with E-state index in [0.717, 1.165) is 14.9 Å². The summed E-state index contributed by atoms with van der Waals surface area (Å²) in [6.45, 7) is 2.33. The molecule has 0 amide bonds. The van der Waals surface area contributed by atoms with Gasteiger partial charge in [-0.3, -0.25) is 0 Å². The van der Waals surface area contributed by atoms with Crippen molar-refractivity contribution >= 4 is 38.9 Å². The van der Waals surface area contributed by atoms with Gasteiger partial charge in [0, 0.05) is 15.9 Å². The molecule has 0 saturated heterocycles. The maximum absolute atomic E-state index is 13.1. The fourth-order valence-corrected chi connectivity index (χ4v) is 2.89. The predicted molar refractivity (Wildman–Crippen MR) is 77.4 cm³/mol. The lowest BCUT2D eigenvalue weighted by Gasteiger charge is -2.08. The molecular formula is C13H11BrFNO2S. The van der Waals surface area contributed by atoms with E-state index in [-0.39, 0.29) is 5.82 Å². The summed E-state index contributed by atoms with van der Waals surface area (Å²) in [4.78, 5) is 12.1. The third-order valence-corrected chi connectivity index (χ3v) is 4.40. The van der Waals surface area contributed by atoms with Crippen molar-refractivity contribution in [3.63, 3.8) is 0 Å². The summed E-state index contributed by atoms with van der Waals surface area (Å²) in [5.41, 5.74) is 1.54. The van der Waals surface area contributed by atoms with Gasteiger partial charge in [-0.1, -0.05) is 0 Å². The molecule has 2 rings (SSSR count). The SMILES string of the molecule is Cc1sc(C(=O)O)cc1CNc1cc(F)ccc1Br. The third kappa shape index (κ3) is 3.33. The lowest BCUT2D eigenvalue weighted by atomic mass is 10.2. The smallest absolute Gasteiger partial charge is 0.345 e. The number of aryl methyl sites for hydroxylation is 1. The van der Waals surface area contributed by atoms with Gasteiger partial charge in [-0.15, -0.1) is 11.3 Å². The van der Waals surface area contributed by atoms with Crippen LogP contribution in [0, 0.1) is 12.7 Å². The van der Waals surface area contributed by atoms with Crippen LogP contribution >= 0.6 is 27.3 Å². The van der Waals surface area contributed by atoms with E-state index in [1.807, 2.05) is 6.92 Å². The number of nitrogens with one attached hydrogen (secondary N) is 1. The predicted octanol–water partition coefficient (Wildman–Crippen LogP) is 4.27. The van der Waals surface area contributed by atoms with Crippen LogP contribution in [0.4, 0.5) is 10.1 Å². The molecule has 1 heterocycles. The van der Waals surface area contributed by atoms with Gasteiger partial charge in [0.15, 0.2) is 0 Å². The van der Waals surface area contributed by atoms with Gasteiger partial charge in [-0.25, -0.2) is 9.18 Å². The third-order valence-electron chi connectivity index (χ3n) is 2.63. The summed E-state index contributed by atoms with van der Waals surface area (Å²) in [5, 5.41) is 12.0. The lowest BCUT2D eigenvalue weighted by molar-refractivity contribution is 0.0702. The highest BCUT2D eigenvalue weighted by Gasteiger charge is 2.11. The van der Waals surface area contributed by atoms with E-state index in [2.05, 4.69) is 21.2 Å². The van der Waals surface area contributed by atoms with Crippen LogP contribution in [0.25, 0.3) is 0 Å². The number of benzene rings is 1. The van der Waals surface area contributed by atoms with Crippen LogP contribution in [0.15, 0.2) is 28.7 Å². The average molecular weight is 344 g/mol. The van der Waals surface area contributed by atoms with E-state index in [4.69, 9.17) is 5.11 Å². The number of rotatable bonds is 4. The van der Waals surface area contributed by atoms with Gasteiger partial charge in [0.25, 0.3) is 0 Å². The molecule has 0 atom stereocenters. The number of carboxylic acid groups (broad SMARTS) is 1. The highest BCUT2D eigenvalue weighted by atomic mass is 79.9. The first-order valence-electron chi connectivity index (χ1n) is 5.49. The normalized spacial score (nSPS) is 10.5. The van der Waals surface area contributed by atoms with Gasteiger partial charge in [0.1, 0.15) is 10.7 Å². The number of carboxylic acids is 1. The van der Waals surface area contributed by atoms with E-state index in [0.29, 0.717) is 17.1 Å². The van der Waals surface area contributed by atoms with Crippen molar-refractivity contribution in [2.75, 3.05) is 5.32 Å². The molecule has 0 radical (unpaired) electrons.